The summed E-state index contributed by atoms with van der Waals surface area (Å²) in [5.41, 5.74) is 0. The Labute approximate surface area is 118 Å². The Bertz CT molecular complexity index is 157. The molecule has 0 heterocycles. The van der Waals surface area contributed by atoms with E-state index in [9.17, 15) is 0 Å². The first-order valence-electron chi connectivity index (χ1n) is 8.56. The topological polar surface area (TPSA) is 0 Å². The highest BCUT2D eigenvalue weighted by Gasteiger charge is 2.11. The summed E-state index contributed by atoms with van der Waals surface area (Å²) in [6, 6.07) is 1.53. The van der Waals surface area contributed by atoms with Crippen LogP contribution in [0.2, 0.25) is 25.7 Å². The Morgan fingerprint density at radius 1 is 0.500 bits per heavy atom. The van der Waals surface area contributed by atoms with E-state index in [4.69, 9.17) is 0 Å². The van der Waals surface area contributed by atoms with Crippen LogP contribution in [0.4, 0.5) is 0 Å². The van der Waals surface area contributed by atoms with Gasteiger partial charge in [-0.2, -0.15) is 0 Å². The Hall–Kier alpha value is 0.217. The maximum absolute atomic E-state index is 2.49. The standard InChI is InChI=1S/C17H38Si/c1-5-6-7-8-9-10-11-12-13-14-15-16-17-18(2,3)4/h5-17H2,1-4H3. The third kappa shape index (κ3) is 16.2. The molecular weight excluding hydrogens is 232 g/mol. The third-order valence-corrected chi connectivity index (χ3v) is 5.63. The van der Waals surface area contributed by atoms with E-state index in [-0.39, 0.29) is 0 Å². The van der Waals surface area contributed by atoms with Gasteiger partial charge in [0.1, 0.15) is 0 Å². The largest absolute Gasteiger partial charge is 0.0695 e. The molecule has 0 radical (unpaired) electrons. The second kappa shape index (κ2) is 12.3. The van der Waals surface area contributed by atoms with Crippen LogP contribution in [0.5, 0.6) is 0 Å². The van der Waals surface area contributed by atoms with E-state index in [2.05, 4.69) is 26.6 Å². The fourth-order valence-corrected chi connectivity index (χ4v) is 3.81. The predicted molar refractivity (Wildman–Crippen MR) is 89.2 cm³/mol. The number of hydrogen-bond donors (Lipinski definition) is 0. The van der Waals surface area contributed by atoms with Crippen molar-refractivity contribution in [1.29, 1.82) is 0 Å². The predicted octanol–water partition coefficient (Wildman–Crippen LogP) is 7.03. The quantitative estimate of drug-likeness (QED) is 0.249. The fourth-order valence-electron chi connectivity index (χ4n) is 2.50. The maximum atomic E-state index is 2.49. The minimum absolute atomic E-state index is 0.755. The number of unbranched alkanes of at least 4 members (excludes halogenated alkanes) is 11. The average molecular weight is 271 g/mol. The van der Waals surface area contributed by atoms with Crippen LogP contribution in [-0.4, -0.2) is 8.07 Å². The molecule has 0 aromatic heterocycles. The SMILES string of the molecule is CCCCCCCCCCCCCC[Si](C)(C)C. The summed E-state index contributed by atoms with van der Waals surface area (Å²) in [6.45, 7) is 9.77. The lowest BCUT2D eigenvalue weighted by molar-refractivity contribution is 0.547. The summed E-state index contributed by atoms with van der Waals surface area (Å²) in [5.74, 6) is 0. The van der Waals surface area contributed by atoms with E-state index in [0.29, 0.717) is 0 Å². The molecule has 0 bridgehead atoms. The van der Waals surface area contributed by atoms with Gasteiger partial charge in [-0.05, 0) is 0 Å². The van der Waals surface area contributed by atoms with Crippen LogP contribution < -0.4 is 0 Å². The van der Waals surface area contributed by atoms with Crippen molar-refractivity contribution in [2.75, 3.05) is 0 Å². The van der Waals surface area contributed by atoms with Crippen LogP contribution in [0, 0.1) is 0 Å². The van der Waals surface area contributed by atoms with Gasteiger partial charge in [-0.3, -0.25) is 0 Å². The molecule has 0 N–H and O–H groups in total. The Morgan fingerprint density at radius 2 is 0.833 bits per heavy atom. The molecule has 0 spiro atoms. The van der Waals surface area contributed by atoms with E-state index in [1.54, 1.807) is 0 Å². The monoisotopic (exact) mass is 270 g/mol. The highest BCUT2D eigenvalue weighted by molar-refractivity contribution is 6.76. The zero-order chi connectivity index (χ0) is 13.7. The van der Waals surface area contributed by atoms with Gasteiger partial charge in [-0.25, -0.2) is 0 Å². The zero-order valence-electron chi connectivity index (χ0n) is 13.7. The molecule has 0 atom stereocenters. The zero-order valence-corrected chi connectivity index (χ0v) is 14.7. The second-order valence-corrected chi connectivity index (χ2v) is 12.8. The highest BCUT2D eigenvalue weighted by Crippen LogP contribution is 2.16. The van der Waals surface area contributed by atoms with Crippen molar-refractivity contribution in [3.63, 3.8) is 0 Å². The Morgan fingerprint density at radius 3 is 1.17 bits per heavy atom. The first-order valence-corrected chi connectivity index (χ1v) is 12.3. The second-order valence-electron chi connectivity index (χ2n) is 7.20. The average Bonchev–Trinajstić information content (AvgIpc) is 2.29. The maximum Gasteiger partial charge on any atom is 0.0442 e. The minimum atomic E-state index is -0.755. The lowest BCUT2D eigenvalue weighted by Gasteiger charge is -2.14. The molecule has 0 unspecified atom stereocenters. The van der Waals surface area contributed by atoms with Gasteiger partial charge in [0.05, 0.1) is 0 Å². The summed E-state index contributed by atoms with van der Waals surface area (Å²) in [5, 5.41) is 0. The first kappa shape index (κ1) is 18.2. The van der Waals surface area contributed by atoms with Crippen LogP contribution in [0.3, 0.4) is 0 Å². The van der Waals surface area contributed by atoms with Crippen molar-refractivity contribution in [3.05, 3.63) is 0 Å². The van der Waals surface area contributed by atoms with Crippen LogP contribution >= 0.6 is 0 Å². The van der Waals surface area contributed by atoms with Gasteiger partial charge in [0.15, 0.2) is 0 Å². The minimum Gasteiger partial charge on any atom is -0.0695 e. The molecule has 0 aliphatic rings. The summed E-state index contributed by atoms with van der Waals surface area (Å²) < 4.78 is 0. The highest BCUT2D eigenvalue weighted by atomic mass is 28.3. The van der Waals surface area contributed by atoms with Gasteiger partial charge in [-0.15, -0.1) is 0 Å². The molecule has 0 nitrogen and oxygen atoms in total. The molecule has 0 saturated carbocycles. The Balaban J connectivity index is 2.99. The van der Waals surface area contributed by atoms with E-state index < -0.39 is 8.07 Å². The van der Waals surface area contributed by atoms with Gasteiger partial charge >= 0.3 is 0 Å². The van der Waals surface area contributed by atoms with Crippen molar-refractivity contribution in [3.8, 4) is 0 Å². The summed E-state index contributed by atoms with van der Waals surface area (Å²) in [7, 11) is -0.755. The molecule has 18 heavy (non-hydrogen) atoms. The lowest BCUT2D eigenvalue weighted by Crippen LogP contribution is -2.18. The van der Waals surface area contributed by atoms with Crippen LogP contribution in [0.15, 0.2) is 0 Å². The summed E-state index contributed by atoms with van der Waals surface area (Å²) in [6.07, 6.45) is 17.6. The van der Waals surface area contributed by atoms with Crippen molar-refractivity contribution in [2.24, 2.45) is 0 Å². The molecule has 1 heteroatoms. The molecule has 0 aromatic carbocycles. The molecule has 0 saturated heterocycles. The van der Waals surface area contributed by atoms with Gasteiger partial charge in [0.25, 0.3) is 0 Å². The molecule has 0 aliphatic heterocycles. The normalized spacial score (nSPS) is 12.0. The van der Waals surface area contributed by atoms with Gasteiger partial charge in [0.2, 0.25) is 0 Å². The van der Waals surface area contributed by atoms with Crippen molar-refractivity contribution >= 4 is 8.07 Å². The fraction of sp³-hybridized carbons (Fsp3) is 1.00. The van der Waals surface area contributed by atoms with Crippen molar-refractivity contribution in [1.82, 2.24) is 0 Å². The van der Waals surface area contributed by atoms with Crippen molar-refractivity contribution in [2.45, 2.75) is 110 Å². The molecule has 110 valence electrons. The van der Waals surface area contributed by atoms with Crippen LogP contribution in [0.1, 0.15) is 84.0 Å². The van der Waals surface area contributed by atoms with Gasteiger partial charge in [0, 0.05) is 8.07 Å². The van der Waals surface area contributed by atoms with E-state index >= 15 is 0 Å². The van der Waals surface area contributed by atoms with E-state index in [1.807, 2.05) is 0 Å². The van der Waals surface area contributed by atoms with Crippen LogP contribution in [-0.2, 0) is 0 Å². The smallest absolute Gasteiger partial charge is 0.0442 e. The van der Waals surface area contributed by atoms with E-state index in [1.165, 1.54) is 83.1 Å². The molecule has 0 aromatic rings. The molecule has 0 aliphatic carbocycles. The van der Waals surface area contributed by atoms with Crippen molar-refractivity contribution < 1.29 is 0 Å². The first-order chi connectivity index (χ1) is 8.56. The Kier molecular flexibility index (Phi) is 12.4. The molecule has 0 fully saturated rings. The van der Waals surface area contributed by atoms with Gasteiger partial charge < -0.3 is 0 Å². The molecule has 0 rings (SSSR count). The summed E-state index contributed by atoms with van der Waals surface area (Å²) >= 11 is 0. The molecular formula is C17H38Si. The van der Waals surface area contributed by atoms with Crippen LogP contribution in [0.25, 0.3) is 0 Å². The van der Waals surface area contributed by atoms with E-state index in [0.717, 1.165) is 0 Å². The van der Waals surface area contributed by atoms with Gasteiger partial charge in [-0.1, -0.05) is 110 Å². The number of rotatable bonds is 13. The molecule has 0 amide bonds. The summed E-state index contributed by atoms with van der Waals surface area (Å²) in [4.78, 5) is 0. The number of hydrogen-bond acceptors (Lipinski definition) is 0. The lowest BCUT2D eigenvalue weighted by atomic mass is 10.1. The third-order valence-electron chi connectivity index (χ3n) is 3.78.